The van der Waals surface area contributed by atoms with Gasteiger partial charge in [-0.3, -0.25) is 4.79 Å². The molecule has 2 heterocycles. The van der Waals surface area contributed by atoms with Gasteiger partial charge in [0.05, 0.1) is 33.4 Å². The van der Waals surface area contributed by atoms with Gasteiger partial charge in [0.1, 0.15) is 0 Å². The third kappa shape index (κ3) is 3.80. The van der Waals surface area contributed by atoms with E-state index in [9.17, 15) is 4.79 Å². The summed E-state index contributed by atoms with van der Waals surface area (Å²) in [7, 11) is 2.51. The number of esters is 1. The lowest BCUT2D eigenvalue weighted by molar-refractivity contribution is -0.146. The minimum Gasteiger partial charge on any atom is -0.541 e. The molecule has 1 saturated heterocycles. The molecule has 3 atom stereocenters. The van der Waals surface area contributed by atoms with E-state index >= 15 is 0 Å². The minimum atomic E-state index is -2.25. The molecule has 0 spiro atoms. The van der Waals surface area contributed by atoms with Crippen LogP contribution < -0.4 is 28.1 Å². The minimum absolute atomic E-state index is 0.0200. The second-order valence-corrected chi connectivity index (χ2v) is 16.8. The molecule has 1 aliphatic carbocycles. The molecule has 0 aromatic heterocycles. The second kappa shape index (κ2) is 9.00. The Hall–Kier alpha value is -3.07. The smallest absolute Gasteiger partial charge is 0.313 e. The third-order valence-electron chi connectivity index (χ3n) is 9.01. The zero-order valence-electron chi connectivity index (χ0n) is 23.8. The van der Waals surface area contributed by atoms with Crippen molar-refractivity contribution in [3.63, 3.8) is 0 Å². The molecule has 38 heavy (non-hydrogen) atoms. The Bertz CT molecular complexity index is 1260. The number of fused-ring (bicyclic) bond motifs is 3. The monoisotopic (exact) mass is 542 g/mol. The first-order valence-electron chi connectivity index (χ1n) is 13.0. The van der Waals surface area contributed by atoms with E-state index in [-0.39, 0.29) is 29.6 Å². The van der Waals surface area contributed by atoms with Gasteiger partial charge in [0.25, 0.3) is 8.32 Å². The van der Waals surface area contributed by atoms with E-state index in [1.54, 1.807) is 21.3 Å². The van der Waals surface area contributed by atoms with E-state index in [0.717, 1.165) is 22.4 Å². The predicted molar refractivity (Wildman–Crippen MR) is 145 cm³/mol. The second-order valence-electron chi connectivity index (χ2n) is 12.0. The number of ether oxygens (including phenoxy) is 6. The van der Waals surface area contributed by atoms with Crippen molar-refractivity contribution in [3.05, 3.63) is 34.9 Å². The Morgan fingerprint density at radius 3 is 2.18 bits per heavy atom. The van der Waals surface area contributed by atoms with Crippen LogP contribution in [0.5, 0.6) is 34.5 Å². The first-order valence-corrected chi connectivity index (χ1v) is 15.9. The Labute approximate surface area is 225 Å². The zero-order valence-corrected chi connectivity index (χ0v) is 24.8. The number of methoxy groups -OCH3 is 3. The lowest BCUT2D eigenvalue weighted by Gasteiger charge is -2.43. The molecule has 3 aliphatic rings. The van der Waals surface area contributed by atoms with Gasteiger partial charge in [-0.05, 0) is 60.8 Å². The summed E-state index contributed by atoms with van der Waals surface area (Å²) in [6.07, 6.45) is 0.638. The van der Waals surface area contributed by atoms with Crippen LogP contribution in [0, 0.1) is 11.3 Å². The quantitative estimate of drug-likeness (QED) is 0.340. The maximum atomic E-state index is 13.4. The van der Waals surface area contributed by atoms with E-state index in [1.165, 1.54) is 0 Å². The van der Waals surface area contributed by atoms with Crippen molar-refractivity contribution in [2.75, 3.05) is 34.7 Å². The van der Waals surface area contributed by atoms with Crippen molar-refractivity contribution in [2.45, 2.75) is 58.2 Å². The van der Waals surface area contributed by atoms with Crippen LogP contribution in [-0.2, 0) is 16.0 Å². The normalized spacial score (nSPS) is 23.9. The predicted octanol–water partition coefficient (Wildman–Crippen LogP) is 5.69. The topological polar surface area (TPSA) is 81.7 Å². The Morgan fingerprint density at radius 1 is 0.947 bits per heavy atom. The molecule has 0 amide bonds. The van der Waals surface area contributed by atoms with E-state index in [2.05, 4.69) is 33.9 Å². The molecule has 2 aromatic carbocycles. The summed E-state index contributed by atoms with van der Waals surface area (Å²) in [6.45, 7) is 13.6. The van der Waals surface area contributed by atoms with E-state index in [0.29, 0.717) is 41.8 Å². The standard InChI is InChI=1S/C29H38O8Si/c1-28(2,3)38(8,9)37-24-19-12-17-14-34-27(30)29(17,4)23(18(19)13-22-26(24)36-15-35-22)16-10-20(31-5)25(33-7)21(11-16)32-6/h10-11,13,17,23H,12,14-15H2,1-9H3/t17-,23+,29-/m0/s1. The molecule has 206 valence electrons. The van der Waals surface area contributed by atoms with Crippen molar-refractivity contribution in [1.29, 1.82) is 0 Å². The molecule has 2 aliphatic heterocycles. The van der Waals surface area contributed by atoms with Crippen molar-refractivity contribution >= 4 is 14.3 Å². The van der Waals surface area contributed by atoms with Gasteiger partial charge in [-0.1, -0.05) is 20.8 Å². The Morgan fingerprint density at radius 2 is 1.61 bits per heavy atom. The molecule has 9 heteroatoms. The summed E-state index contributed by atoms with van der Waals surface area (Å²) in [4.78, 5) is 13.4. The molecule has 0 N–H and O–H groups in total. The van der Waals surface area contributed by atoms with Crippen LogP contribution in [-0.4, -0.2) is 49.0 Å². The molecule has 0 saturated carbocycles. The highest BCUT2D eigenvalue weighted by Gasteiger charge is 2.59. The molecular weight excluding hydrogens is 504 g/mol. The maximum absolute atomic E-state index is 13.4. The molecule has 1 fully saturated rings. The summed E-state index contributed by atoms with van der Waals surface area (Å²) in [5.74, 6) is 2.94. The largest absolute Gasteiger partial charge is 0.541 e. The number of benzene rings is 2. The fourth-order valence-electron chi connectivity index (χ4n) is 5.71. The van der Waals surface area contributed by atoms with Gasteiger partial charge >= 0.3 is 5.97 Å². The highest BCUT2D eigenvalue weighted by atomic mass is 28.4. The molecule has 0 bridgehead atoms. The zero-order chi connectivity index (χ0) is 27.6. The van der Waals surface area contributed by atoms with Crippen molar-refractivity contribution in [2.24, 2.45) is 11.3 Å². The average Bonchev–Trinajstić information content (AvgIpc) is 3.45. The van der Waals surface area contributed by atoms with Crippen LogP contribution in [0.25, 0.3) is 0 Å². The number of carbonyl (C=O) groups excluding carboxylic acids is 1. The van der Waals surface area contributed by atoms with E-state index in [1.807, 2.05) is 25.1 Å². The van der Waals surface area contributed by atoms with Gasteiger partial charge in [-0.15, -0.1) is 0 Å². The molecular formula is C29H38O8Si. The summed E-state index contributed by atoms with van der Waals surface area (Å²) >= 11 is 0. The van der Waals surface area contributed by atoms with Gasteiger partial charge in [-0.25, -0.2) is 0 Å². The number of hydrogen-bond acceptors (Lipinski definition) is 8. The van der Waals surface area contributed by atoms with Crippen LogP contribution in [0.3, 0.4) is 0 Å². The van der Waals surface area contributed by atoms with E-state index in [4.69, 9.17) is 32.8 Å². The van der Waals surface area contributed by atoms with E-state index < -0.39 is 13.7 Å². The first-order chi connectivity index (χ1) is 17.9. The van der Waals surface area contributed by atoms with Gasteiger partial charge in [0.2, 0.25) is 18.3 Å². The number of hydrogen-bond donors (Lipinski definition) is 0. The van der Waals surface area contributed by atoms with Crippen molar-refractivity contribution < 1.29 is 37.6 Å². The molecule has 0 unspecified atom stereocenters. The maximum Gasteiger partial charge on any atom is 0.313 e. The van der Waals surface area contributed by atoms with Crippen LogP contribution in [0.15, 0.2) is 18.2 Å². The van der Waals surface area contributed by atoms with Gasteiger partial charge < -0.3 is 32.8 Å². The highest BCUT2D eigenvalue weighted by Crippen LogP contribution is 2.61. The first kappa shape index (κ1) is 26.5. The molecule has 8 nitrogen and oxygen atoms in total. The van der Waals surface area contributed by atoms with Crippen LogP contribution in [0.4, 0.5) is 0 Å². The molecule has 0 radical (unpaired) electrons. The van der Waals surface area contributed by atoms with Gasteiger partial charge in [0, 0.05) is 17.4 Å². The summed E-state index contributed by atoms with van der Waals surface area (Å²) in [5.41, 5.74) is 2.07. The number of rotatable bonds is 6. The van der Waals surface area contributed by atoms with Crippen LogP contribution in [0.1, 0.15) is 50.3 Å². The Kier molecular flexibility index (Phi) is 6.28. The van der Waals surface area contributed by atoms with Crippen LogP contribution >= 0.6 is 0 Å². The van der Waals surface area contributed by atoms with Gasteiger partial charge in [-0.2, -0.15) is 0 Å². The summed E-state index contributed by atoms with van der Waals surface area (Å²) in [5, 5.41) is -0.0200. The van der Waals surface area contributed by atoms with Crippen molar-refractivity contribution in [3.8, 4) is 34.5 Å². The lowest BCUT2D eigenvalue weighted by atomic mass is 9.58. The summed E-state index contributed by atoms with van der Waals surface area (Å²) < 4.78 is 41.5. The summed E-state index contributed by atoms with van der Waals surface area (Å²) in [6, 6.07) is 5.86. The van der Waals surface area contributed by atoms with Gasteiger partial charge in [0.15, 0.2) is 23.0 Å². The Balaban J connectivity index is 1.79. The lowest BCUT2D eigenvalue weighted by Crippen LogP contribution is -2.45. The third-order valence-corrected chi connectivity index (χ3v) is 13.3. The number of cyclic esters (lactones) is 1. The van der Waals surface area contributed by atoms with Crippen LogP contribution in [0.2, 0.25) is 18.1 Å². The fraction of sp³-hybridized carbons (Fsp3) is 0.552. The fourth-order valence-corrected chi connectivity index (χ4v) is 6.75. The highest BCUT2D eigenvalue weighted by molar-refractivity contribution is 6.74. The molecule has 2 aromatic rings. The van der Waals surface area contributed by atoms with Crippen molar-refractivity contribution in [1.82, 2.24) is 0 Å². The SMILES string of the molecule is COc1cc([C@@H]2c3cc4c(c(O[Si](C)(C)C(C)(C)C)c3C[C@H]3COC(=O)[C@@]32C)OCO4)cc(OC)c1OC. The average molecular weight is 543 g/mol. The molecule has 5 rings (SSSR count). The number of carbonyl (C=O) groups is 1.